The summed E-state index contributed by atoms with van der Waals surface area (Å²) < 4.78 is 11.2. The molecule has 0 aliphatic carbocycles. The van der Waals surface area contributed by atoms with Crippen molar-refractivity contribution in [3.8, 4) is 11.5 Å². The second-order valence-electron chi connectivity index (χ2n) is 6.64. The fourth-order valence-electron chi connectivity index (χ4n) is 2.77. The van der Waals surface area contributed by atoms with Gasteiger partial charge in [0.2, 0.25) is 0 Å². The largest absolute Gasteiger partial charge is 0.490 e. The molecule has 7 nitrogen and oxygen atoms in total. The summed E-state index contributed by atoms with van der Waals surface area (Å²) in [5.41, 5.74) is 3.99. The predicted octanol–water partition coefficient (Wildman–Crippen LogP) is 5.17. The number of amides is 2. The Morgan fingerprint density at radius 1 is 0.970 bits per heavy atom. The summed E-state index contributed by atoms with van der Waals surface area (Å²) in [5.74, 6) is -0.187. The predicted molar refractivity (Wildman–Crippen MR) is 130 cm³/mol. The molecule has 0 bridgehead atoms. The number of hydrogen-bond donors (Lipinski definition) is 2. The molecule has 0 saturated heterocycles. The van der Waals surface area contributed by atoms with E-state index in [1.807, 2.05) is 13.0 Å². The molecule has 9 heteroatoms. The number of para-hydroxylation sites is 1. The van der Waals surface area contributed by atoms with Crippen LogP contribution in [-0.4, -0.2) is 31.2 Å². The van der Waals surface area contributed by atoms with Crippen LogP contribution in [0.1, 0.15) is 22.8 Å². The zero-order valence-corrected chi connectivity index (χ0v) is 19.2. The summed E-state index contributed by atoms with van der Waals surface area (Å²) >= 11 is 12.4. The zero-order valence-electron chi connectivity index (χ0n) is 17.7. The van der Waals surface area contributed by atoms with E-state index in [1.54, 1.807) is 60.7 Å². The van der Waals surface area contributed by atoms with Gasteiger partial charge in [-0.2, -0.15) is 5.10 Å². The summed E-state index contributed by atoms with van der Waals surface area (Å²) in [7, 11) is 0. The van der Waals surface area contributed by atoms with E-state index in [9.17, 15) is 9.59 Å². The van der Waals surface area contributed by atoms with Gasteiger partial charge in [0, 0.05) is 5.56 Å². The highest BCUT2D eigenvalue weighted by atomic mass is 35.5. The van der Waals surface area contributed by atoms with E-state index in [4.69, 9.17) is 32.7 Å². The molecule has 0 aliphatic rings. The average molecular weight is 486 g/mol. The van der Waals surface area contributed by atoms with E-state index >= 15 is 0 Å². The van der Waals surface area contributed by atoms with Gasteiger partial charge in [-0.05, 0) is 48.9 Å². The number of ether oxygens (including phenoxy) is 2. The molecule has 0 saturated carbocycles. The lowest BCUT2D eigenvalue weighted by Gasteiger charge is -2.14. The van der Waals surface area contributed by atoms with Crippen molar-refractivity contribution in [2.24, 2.45) is 5.10 Å². The van der Waals surface area contributed by atoms with E-state index in [0.717, 1.165) is 0 Å². The molecule has 0 radical (unpaired) electrons. The summed E-state index contributed by atoms with van der Waals surface area (Å²) in [6.07, 6.45) is 1.43. The molecule has 3 rings (SSSR count). The first-order valence-corrected chi connectivity index (χ1v) is 10.8. The van der Waals surface area contributed by atoms with E-state index in [0.29, 0.717) is 34.2 Å². The zero-order chi connectivity index (χ0) is 23.6. The van der Waals surface area contributed by atoms with Gasteiger partial charge in [-0.1, -0.05) is 53.5 Å². The molecule has 2 N–H and O–H groups in total. The van der Waals surface area contributed by atoms with Crippen LogP contribution in [0.5, 0.6) is 11.5 Å². The van der Waals surface area contributed by atoms with Crippen LogP contribution in [0.25, 0.3) is 0 Å². The fraction of sp³-hybridized carbons (Fsp3) is 0.125. The van der Waals surface area contributed by atoms with Crippen LogP contribution < -0.4 is 20.2 Å². The molecule has 0 heterocycles. The second kappa shape index (κ2) is 11.9. The monoisotopic (exact) mass is 485 g/mol. The van der Waals surface area contributed by atoms with Gasteiger partial charge in [0.15, 0.2) is 18.1 Å². The Hall–Kier alpha value is -3.55. The number of nitrogens with one attached hydrogen (secondary N) is 2. The van der Waals surface area contributed by atoms with E-state index < -0.39 is 5.91 Å². The molecule has 0 aromatic heterocycles. The fourth-order valence-corrected chi connectivity index (χ4v) is 3.23. The van der Waals surface area contributed by atoms with Crippen LogP contribution in [-0.2, 0) is 4.79 Å². The van der Waals surface area contributed by atoms with Crippen molar-refractivity contribution in [2.75, 3.05) is 18.5 Å². The summed E-state index contributed by atoms with van der Waals surface area (Å²) in [6, 6.07) is 18.8. The summed E-state index contributed by atoms with van der Waals surface area (Å²) in [6.45, 7) is 1.86. The van der Waals surface area contributed by atoms with Crippen molar-refractivity contribution >= 4 is 46.9 Å². The third-order valence-corrected chi connectivity index (χ3v) is 4.85. The second-order valence-corrected chi connectivity index (χ2v) is 7.46. The maximum atomic E-state index is 12.3. The number of rotatable bonds is 9. The third-order valence-electron chi connectivity index (χ3n) is 4.24. The Labute approximate surface area is 201 Å². The van der Waals surface area contributed by atoms with E-state index in [1.165, 1.54) is 6.21 Å². The maximum absolute atomic E-state index is 12.3. The van der Waals surface area contributed by atoms with Gasteiger partial charge in [-0.25, -0.2) is 5.43 Å². The standard InChI is InChI=1S/C24H21Cl2N3O4/c1-2-32-21-13-16(14-27-29-24(31)17-8-4-3-5-9-17)12-19(26)23(21)33-15-22(30)28-20-11-7-6-10-18(20)25/h3-14H,2,15H2,1H3,(H,28,30)(H,29,31)/b27-14+. The minimum absolute atomic E-state index is 0.221. The summed E-state index contributed by atoms with van der Waals surface area (Å²) in [4.78, 5) is 24.4. The normalized spacial score (nSPS) is 10.6. The molecule has 0 aliphatic heterocycles. The van der Waals surface area contributed by atoms with Crippen molar-refractivity contribution in [1.29, 1.82) is 0 Å². The SMILES string of the molecule is CCOc1cc(/C=N/NC(=O)c2ccccc2)cc(Cl)c1OCC(=O)Nc1ccccc1Cl. The smallest absolute Gasteiger partial charge is 0.271 e. The van der Waals surface area contributed by atoms with E-state index in [-0.39, 0.29) is 23.3 Å². The number of nitrogens with zero attached hydrogens (tertiary/aromatic N) is 1. The first-order valence-electron chi connectivity index (χ1n) is 10.00. The average Bonchev–Trinajstić information content (AvgIpc) is 2.81. The quantitative estimate of drug-likeness (QED) is 0.323. The van der Waals surface area contributed by atoms with Crippen molar-refractivity contribution in [1.82, 2.24) is 5.43 Å². The number of carbonyl (C=O) groups excluding carboxylic acids is 2. The Morgan fingerprint density at radius 3 is 2.42 bits per heavy atom. The number of hydrazone groups is 1. The van der Waals surface area contributed by atoms with Gasteiger partial charge in [-0.3, -0.25) is 9.59 Å². The molecular formula is C24H21Cl2N3O4. The van der Waals surface area contributed by atoms with Crippen molar-refractivity contribution in [3.05, 3.63) is 87.9 Å². The minimum Gasteiger partial charge on any atom is -0.490 e. The first kappa shape index (κ1) is 24.1. The van der Waals surface area contributed by atoms with Crippen LogP contribution >= 0.6 is 23.2 Å². The Morgan fingerprint density at radius 2 is 1.70 bits per heavy atom. The Bertz CT molecular complexity index is 1150. The van der Waals surface area contributed by atoms with Crippen molar-refractivity contribution in [2.45, 2.75) is 6.92 Å². The first-order chi connectivity index (χ1) is 16.0. The van der Waals surface area contributed by atoms with Crippen LogP contribution in [0, 0.1) is 0 Å². The van der Waals surface area contributed by atoms with Crippen molar-refractivity contribution in [3.63, 3.8) is 0 Å². The highest BCUT2D eigenvalue weighted by Crippen LogP contribution is 2.36. The van der Waals surface area contributed by atoms with Gasteiger partial charge in [0.25, 0.3) is 11.8 Å². The number of halogens is 2. The molecule has 3 aromatic rings. The minimum atomic E-state index is -0.407. The Balaban J connectivity index is 1.67. The molecule has 0 spiro atoms. The molecular weight excluding hydrogens is 465 g/mol. The number of carbonyl (C=O) groups is 2. The highest BCUT2D eigenvalue weighted by molar-refractivity contribution is 6.33. The lowest BCUT2D eigenvalue weighted by Crippen LogP contribution is -2.20. The van der Waals surface area contributed by atoms with Crippen LogP contribution in [0.4, 0.5) is 5.69 Å². The van der Waals surface area contributed by atoms with Gasteiger partial charge < -0.3 is 14.8 Å². The molecule has 170 valence electrons. The molecule has 0 fully saturated rings. The molecule has 0 unspecified atom stereocenters. The molecule has 2 amide bonds. The molecule has 3 aromatic carbocycles. The van der Waals surface area contributed by atoms with Crippen molar-refractivity contribution < 1.29 is 19.1 Å². The Kier molecular flexibility index (Phi) is 8.69. The van der Waals surface area contributed by atoms with Gasteiger partial charge in [0.1, 0.15) is 0 Å². The number of anilines is 1. The maximum Gasteiger partial charge on any atom is 0.271 e. The van der Waals surface area contributed by atoms with Crippen LogP contribution in [0.2, 0.25) is 10.0 Å². The molecule has 0 atom stereocenters. The van der Waals surface area contributed by atoms with Crippen LogP contribution in [0.3, 0.4) is 0 Å². The number of benzene rings is 3. The topological polar surface area (TPSA) is 89.0 Å². The third kappa shape index (κ3) is 6.97. The van der Waals surface area contributed by atoms with E-state index in [2.05, 4.69) is 15.8 Å². The lowest BCUT2D eigenvalue weighted by molar-refractivity contribution is -0.118. The van der Waals surface area contributed by atoms with Gasteiger partial charge in [0.05, 0.1) is 28.6 Å². The summed E-state index contributed by atoms with van der Waals surface area (Å²) in [5, 5.41) is 7.28. The number of hydrogen-bond acceptors (Lipinski definition) is 5. The lowest BCUT2D eigenvalue weighted by atomic mass is 10.2. The van der Waals surface area contributed by atoms with Crippen LogP contribution in [0.15, 0.2) is 71.8 Å². The molecule has 33 heavy (non-hydrogen) atoms. The van der Waals surface area contributed by atoms with Gasteiger partial charge in [-0.15, -0.1) is 0 Å². The highest BCUT2D eigenvalue weighted by Gasteiger charge is 2.15. The van der Waals surface area contributed by atoms with Gasteiger partial charge >= 0.3 is 0 Å².